The molecule has 3 aliphatic heterocycles. The Morgan fingerprint density at radius 1 is 1.29 bits per heavy atom. The number of carbonyl (C=O) groups excluding carboxylic acids is 1. The Bertz CT molecular complexity index is 862. The number of hydrogen-bond donors (Lipinski definition) is 1. The molecule has 3 saturated heterocycles. The van der Waals surface area contributed by atoms with Crippen molar-refractivity contribution in [3.8, 4) is 0 Å². The molecule has 28 heavy (non-hydrogen) atoms. The topological polar surface area (TPSA) is 79.0 Å². The molecule has 1 amide bonds. The van der Waals surface area contributed by atoms with E-state index in [-0.39, 0.29) is 22.4 Å². The molecule has 0 aliphatic carbocycles. The summed E-state index contributed by atoms with van der Waals surface area (Å²) in [7, 11) is -3.65. The van der Waals surface area contributed by atoms with Crippen LogP contribution in [0.4, 0.5) is 4.39 Å². The summed E-state index contributed by atoms with van der Waals surface area (Å²) in [6.45, 7) is 4.53. The molecular formula is C19H26FN3O4S. The Hall–Kier alpha value is -1.55. The summed E-state index contributed by atoms with van der Waals surface area (Å²) < 4.78 is 46.5. The second-order valence-electron chi connectivity index (χ2n) is 7.98. The van der Waals surface area contributed by atoms with E-state index in [1.165, 1.54) is 22.5 Å². The molecule has 4 rings (SSSR count). The summed E-state index contributed by atoms with van der Waals surface area (Å²) >= 11 is 0. The molecule has 3 heterocycles. The minimum absolute atomic E-state index is 0.00867. The van der Waals surface area contributed by atoms with Gasteiger partial charge in [0.15, 0.2) is 0 Å². The monoisotopic (exact) mass is 411 g/mol. The van der Waals surface area contributed by atoms with Crippen LogP contribution in [0.15, 0.2) is 23.1 Å². The van der Waals surface area contributed by atoms with Gasteiger partial charge in [-0.3, -0.25) is 9.69 Å². The van der Waals surface area contributed by atoms with Gasteiger partial charge in [0.05, 0.1) is 23.6 Å². The van der Waals surface area contributed by atoms with Crippen LogP contribution in [0.5, 0.6) is 0 Å². The van der Waals surface area contributed by atoms with Crippen LogP contribution in [0.3, 0.4) is 0 Å². The molecule has 9 heteroatoms. The smallest absolute Gasteiger partial charge is 0.243 e. The van der Waals surface area contributed by atoms with Crippen LogP contribution in [-0.2, 0) is 19.6 Å². The number of sulfonamides is 1. The fourth-order valence-electron chi connectivity index (χ4n) is 4.54. The standard InChI is InChI=1S/C19H26FN3O4S/c1-14-10-16(2-3-17(14)20)28(25,26)22-7-4-15(5-8-22)23-11-18(24)21-12-19(23)6-9-27-13-19/h2-3,10,15H,4-9,11-13H2,1H3,(H,21,24). The maximum Gasteiger partial charge on any atom is 0.243 e. The second kappa shape index (κ2) is 7.37. The first-order valence-corrected chi connectivity index (χ1v) is 11.1. The van der Waals surface area contributed by atoms with Crippen molar-refractivity contribution >= 4 is 15.9 Å². The normalized spacial score (nSPS) is 28.0. The Morgan fingerprint density at radius 3 is 2.68 bits per heavy atom. The van der Waals surface area contributed by atoms with E-state index in [2.05, 4.69) is 10.2 Å². The fraction of sp³-hybridized carbons (Fsp3) is 0.632. The molecule has 1 atom stereocenters. The lowest BCUT2D eigenvalue weighted by molar-refractivity contribution is -0.131. The number of rotatable bonds is 3. The molecule has 0 radical (unpaired) electrons. The zero-order valence-corrected chi connectivity index (χ0v) is 16.8. The third-order valence-corrected chi connectivity index (χ3v) is 8.15. The van der Waals surface area contributed by atoms with Crippen LogP contribution < -0.4 is 5.32 Å². The number of hydrogen-bond acceptors (Lipinski definition) is 5. The van der Waals surface area contributed by atoms with Crippen LogP contribution >= 0.6 is 0 Å². The highest BCUT2D eigenvalue weighted by Gasteiger charge is 2.48. The Balaban J connectivity index is 1.48. The summed E-state index contributed by atoms with van der Waals surface area (Å²) in [5, 5.41) is 2.95. The van der Waals surface area contributed by atoms with Crippen molar-refractivity contribution in [2.75, 3.05) is 39.4 Å². The second-order valence-corrected chi connectivity index (χ2v) is 9.92. The predicted octanol–water partition coefficient (Wildman–Crippen LogP) is 0.878. The van der Waals surface area contributed by atoms with E-state index in [9.17, 15) is 17.6 Å². The Morgan fingerprint density at radius 2 is 2.04 bits per heavy atom. The van der Waals surface area contributed by atoms with Gasteiger partial charge in [-0.05, 0) is 49.9 Å². The van der Waals surface area contributed by atoms with Crippen LogP contribution in [0.1, 0.15) is 24.8 Å². The number of ether oxygens (including phenoxy) is 1. The van der Waals surface area contributed by atoms with E-state index in [4.69, 9.17) is 4.74 Å². The number of benzene rings is 1. The van der Waals surface area contributed by atoms with Gasteiger partial charge in [-0.15, -0.1) is 0 Å². The van der Waals surface area contributed by atoms with E-state index < -0.39 is 15.8 Å². The lowest BCUT2D eigenvalue weighted by Gasteiger charge is -2.49. The Labute approximate surface area is 164 Å². The van der Waals surface area contributed by atoms with E-state index in [1.54, 1.807) is 6.92 Å². The first kappa shape index (κ1) is 19.8. The molecule has 0 saturated carbocycles. The minimum atomic E-state index is -3.65. The van der Waals surface area contributed by atoms with E-state index in [0.717, 1.165) is 6.42 Å². The van der Waals surface area contributed by atoms with Gasteiger partial charge in [0.25, 0.3) is 0 Å². The summed E-state index contributed by atoms with van der Waals surface area (Å²) in [5.74, 6) is -0.403. The van der Waals surface area contributed by atoms with Crippen molar-refractivity contribution in [2.24, 2.45) is 0 Å². The molecule has 0 bridgehead atoms. The molecule has 3 fully saturated rings. The molecule has 1 spiro atoms. The third-order valence-electron chi connectivity index (χ3n) is 6.25. The molecule has 154 valence electrons. The van der Waals surface area contributed by atoms with Crippen molar-refractivity contribution in [3.05, 3.63) is 29.6 Å². The number of piperazine rings is 1. The summed E-state index contributed by atoms with van der Waals surface area (Å²) in [6, 6.07) is 4.06. The van der Waals surface area contributed by atoms with Crippen LogP contribution in [0.25, 0.3) is 0 Å². The zero-order chi connectivity index (χ0) is 19.9. The highest BCUT2D eigenvalue weighted by molar-refractivity contribution is 7.89. The van der Waals surface area contributed by atoms with Gasteiger partial charge >= 0.3 is 0 Å². The number of piperidine rings is 1. The lowest BCUT2D eigenvalue weighted by Crippen LogP contribution is -2.67. The molecule has 1 N–H and O–H groups in total. The quantitative estimate of drug-likeness (QED) is 0.799. The van der Waals surface area contributed by atoms with Gasteiger partial charge in [-0.1, -0.05) is 0 Å². The number of nitrogens with zero attached hydrogens (tertiary/aromatic N) is 2. The summed E-state index contributed by atoms with van der Waals surface area (Å²) in [4.78, 5) is 14.4. The number of halogens is 1. The average molecular weight is 411 g/mol. The van der Waals surface area contributed by atoms with Crippen molar-refractivity contribution in [2.45, 2.75) is 42.7 Å². The molecule has 7 nitrogen and oxygen atoms in total. The maximum atomic E-state index is 13.5. The fourth-order valence-corrected chi connectivity index (χ4v) is 6.10. The average Bonchev–Trinajstić information content (AvgIpc) is 3.15. The van der Waals surface area contributed by atoms with Crippen LogP contribution in [0.2, 0.25) is 0 Å². The summed E-state index contributed by atoms with van der Waals surface area (Å²) in [5.41, 5.74) is 0.145. The van der Waals surface area contributed by atoms with Gasteiger partial charge in [-0.25, -0.2) is 12.8 Å². The molecule has 0 aromatic heterocycles. The summed E-state index contributed by atoms with van der Waals surface area (Å²) in [6.07, 6.45) is 2.20. The van der Waals surface area contributed by atoms with Crippen molar-refractivity contribution in [3.63, 3.8) is 0 Å². The van der Waals surface area contributed by atoms with Crippen molar-refractivity contribution < 1.29 is 22.3 Å². The van der Waals surface area contributed by atoms with Gasteiger partial charge in [0.1, 0.15) is 5.82 Å². The molecule has 1 aromatic rings. The van der Waals surface area contributed by atoms with Crippen LogP contribution in [-0.4, -0.2) is 74.5 Å². The Kier molecular flexibility index (Phi) is 5.20. The van der Waals surface area contributed by atoms with Crippen molar-refractivity contribution in [1.29, 1.82) is 0 Å². The van der Waals surface area contributed by atoms with E-state index >= 15 is 0 Å². The van der Waals surface area contributed by atoms with Crippen LogP contribution in [0, 0.1) is 12.7 Å². The highest BCUT2D eigenvalue weighted by Crippen LogP contribution is 2.33. The number of nitrogens with one attached hydrogen (secondary N) is 1. The third kappa shape index (κ3) is 3.45. The number of amides is 1. The predicted molar refractivity (Wildman–Crippen MR) is 101 cm³/mol. The van der Waals surface area contributed by atoms with Crippen molar-refractivity contribution in [1.82, 2.24) is 14.5 Å². The molecule has 1 aromatic carbocycles. The van der Waals surface area contributed by atoms with Gasteiger partial charge in [0, 0.05) is 32.3 Å². The first-order valence-electron chi connectivity index (χ1n) is 9.69. The van der Waals surface area contributed by atoms with Gasteiger partial charge in [0.2, 0.25) is 15.9 Å². The number of aryl methyl sites for hydroxylation is 1. The zero-order valence-electron chi connectivity index (χ0n) is 16.0. The first-order chi connectivity index (χ1) is 13.3. The van der Waals surface area contributed by atoms with E-state index in [0.29, 0.717) is 57.8 Å². The van der Waals surface area contributed by atoms with E-state index in [1.807, 2.05) is 0 Å². The molecule has 3 aliphatic rings. The molecule has 1 unspecified atom stereocenters. The molecular weight excluding hydrogens is 385 g/mol. The maximum absolute atomic E-state index is 13.5. The van der Waals surface area contributed by atoms with Gasteiger partial charge < -0.3 is 10.1 Å². The lowest BCUT2D eigenvalue weighted by atomic mass is 9.89. The highest BCUT2D eigenvalue weighted by atomic mass is 32.2. The SMILES string of the molecule is Cc1cc(S(=O)(=O)N2CCC(N3CC(=O)NCC34CCOC4)CC2)ccc1F. The number of carbonyl (C=O) groups is 1. The van der Waals surface area contributed by atoms with Gasteiger partial charge in [-0.2, -0.15) is 4.31 Å². The minimum Gasteiger partial charge on any atom is -0.379 e. The largest absolute Gasteiger partial charge is 0.379 e.